The van der Waals surface area contributed by atoms with E-state index in [1.807, 2.05) is 0 Å². The molecule has 0 aromatic heterocycles. The fourth-order valence-corrected chi connectivity index (χ4v) is 5.98. The zero-order valence-corrected chi connectivity index (χ0v) is 21.6. The molecule has 0 spiro atoms. The molecule has 0 N–H and O–H groups in total. The van der Waals surface area contributed by atoms with Crippen LogP contribution in [0.1, 0.15) is 136 Å². The monoisotopic (exact) mass is 464 g/mol. The van der Waals surface area contributed by atoms with E-state index in [9.17, 15) is 9.59 Å². The molecule has 0 heterocycles. The molecule has 0 aliphatic heterocycles. The van der Waals surface area contributed by atoms with E-state index in [0.717, 1.165) is 29.7 Å². The topological polar surface area (TPSA) is 52.6 Å². The summed E-state index contributed by atoms with van der Waals surface area (Å²) in [6.07, 6.45) is 22.2. The highest BCUT2D eigenvalue weighted by Gasteiger charge is 2.13. The molecule has 0 radical (unpaired) electrons. The van der Waals surface area contributed by atoms with Gasteiger partial charge in [0.2, 0.25) is 0 Å². The third kappa shape index (κ3) is 20.9. The Bertz CT molecular complexity index is 405. The number of rotatable bonds is 22. The maximum Gasteiger partial charge on any atom is 0.318 e. The van der Waals surface area contributed by atoms with Gasteiger partial charge in [0, 0.05) is 18.6 Å². The van der Waals surface area contributed by atoms with Crippen LogP contribution in [-0.2, 0) is 18.0 Å². The second-order valence-electron chi connectivity index (χ2n) is 8.06. The third-order valence-electron chi connectivity index (χ3n) is 5.19. The van der Waals surface area contributed by atoms with Gasteiger partial charge in [-0.1, -0.05) is 117 Å². The number of hydrogen-bond acceptors (Lipinski definition) is 5. The summed E-state index contributed by atoms with van der Waals surface area (Å²) in [4.78, 5) is 22.9. The first-order chi connectivity index (χ1) is 14.6. The van der Waals surface area contributed by atoms with Gasteiger partial charge in [0.05, 0.1) is 0 Å². The molecule has 0 saturated heterocycles. The molecule has 0 aromatic carbocycles. The van der Waals surface area contributed by atoms with Gasteiger partial charge in [-0.25, -0.2) is 0 Å². The largest absolute Gasteiger partial charge is 0.405 e. The molecular formula is C24H48O4S2. The summed E-state index contributed by atoms with van der Waals surface area (Å²) in [5, 5.41) is 0. The minimum absolute atomic E-state index is 0.211. The summed E-state index contributed by atoms with van der Waals surface area (Å²) in [5.41, 5.74) is 0. The fraction of sp³-hybridized carbons (Fsp3) is 0.917. The number of hydrogen-bond donors (Lipinski definition) is 1. The van der Waals surface area contributed by atoms with Crippen LogP contribution in [0.2, 0.25) is 0 Å². The Morgan fingerprint density at radius 1 is 0.600 bits per heavy atom. The van der Waals surface area contributed by atoms with Crippen molar-refractivity contribution in [2.24, 2.45) is 0 Å². The molecule has 1 atom stereocenters. The Morgan fingerprint density at radius 2 is 1.00 bits per heavy atom. The predicted molar refractivity (Wildman–Crippen MR) is 134 cm³/mol. The number of carbonyl (C=O) groups excluding carboxylic acids is 2. The Labute approximate surface area is 193 Å². The molecule has 0 saturated carbocycles. The first kappa shape index (κ1) is 29.6. The lowest BCUT2D eigenvalue weighted by molar-refractivity contribution is -0.134. The number of unbranched alkanes of at least 4 members (excludes halogenated alkanes) is 15. The van der Waals surface area contributed by atoms with Gasteiger partial charge >= 0.3 is 11.9 Å². The third-order valence-corrected chi connectivity index (χ3v) is 8.20. The van der Waals surface area contributed by atoms with Crippen molar-refractivity contribution < 1.29 is 18.0 Å². The van der Waals surface area contributed by atoms with Crippen molar-refractivity contribution in [2.45, 2.75) is 136 Å². The molecule has 0 rings (SSSR count). The Morgan fingerprint density at radius 3 is 1.40 bits per heavy atom. The van der Waals surface area contributed by atoms with E-state index in [1.54, 1.807) is 13.8 Å². The minimum atomic E-state index is -1.06. The maximum absolute atomic E-state index is 11.5. The molecule has 30 heavy (non-hydrogen) atoms. The minimum Gasteiger partial charge on any atom is -0.405 e. The van der Waals surface area contributed by atoms with Gasteiger partial charge in [-0.05, 0) is 16.6 Å². The SMILES string of the molecule is CCCCCCCCCCCCCCCCCC[SH](OC(=O)CC)SOC(=O)CC. The highest BCUT2D eigenvalue weighted by molar-refractivity contribution is 8.81. The summed E-state index contributed by atoms with van der Waals surface area (Å²) < 4.78 is 10.5. The van der Waals surface area contributed by atoms with Crippen LogP contribution in [0.4, 0.5) is 0 Å². The van der Waals surface area contributed by atoms with Gasteiger partial charge in [-0.15, -0.1) is 0 Å². The quantitative estimate of drug-likeness (QED) is 0.0752. The van der Waals surface area contributed by atoms with E-state index < -0.39 is 10.2 Å². The summed E-state index contributed by atoms with van der Waals surface area (Å²) in [5.74, 6) is 0.339. The number of thiol groups is 1. The first-order valence-electron chi connectivity index (χ1n) is 12.5. The van der Waals surface area contributed by atoms with Crippen molar-refractivity contribution in [1.29, 1.82) is 0 Å². The van der Waals surface area contributed by atoms with Crippen LogP contribution in [0.25, 0.3) is 0 Å². The van der Waals surface area contributed by atoms with Gasteiger partial charge in [-0.2, -0.15) is 0 Å². The molecule has 0 fully saturated rings. The van der Waals surface area contributed by atoms with Crippen molar-refractivity contribution in [3.8, 4) is 0 Å². The summed E-state index contributed by atoms with van der Waals surface area (Å²) >= 11 is 1.06. The molecule has 0 amide bonds. The van der Waals surface area contributed by atoms with Crippen molar-refractivity contribution in [1.82, 2.24) is 0 Å². The molecule has 4 nitrogen and oxygen atoms in total. The molecule has 0 bridgehead atoms. The van der Waals surface area contributed by atoms with Gasteiger partial charge in [0.1, 0.15) is 11.1 Å². The normalized spacial score (nSPS) is 12.6. The van der Waals surface area contributed by atoms with E-state index in [4.69, 9.17) is 8.37 Å². The van der Waals surface area contributed by atoms with Crippen LogP contribution in [0.3, 0.4) is 0 Å². The Balaban J connectivity index is 3.51. The zero-order chi connectivity index (χ0) is 22.3. The lowest BCUT2D eigenvalue weighted by Gasteiger charge is -2.18. The van der Waals surface area contributed by atoms with E-state index >= 15 is 0 Å². The average Bonchev–Trinajstić information content (AvgIpc) is 2.76. The van der Waals surface area contributed by atoms with E-state index in [2.05, 4.69) is 6.92 Å². The highest BCUT2D eigenvalue weighted by atomic mass is 33.1. The lowest BCUT2D eigenvalue weighted by Crippen LogP contribution is -2.03. The van der Waals surface area contributed by atoms with Crippen molar-refractivity contribution in [2.75, 3.05) is 5.75 Å². The average molecular weight is 465 g/mol. The van der Waals surface area contributed by atoms with Crippen molar-refractivity contribution >= 4 is 33.2 Å². The Kier molecular flexibility index (Phi) is 23.0. The van der Waals surface area contributed by atoms with Gasteiger partial charge in [-0.3, -0.25) is 9.59 Å². The van der Waals surface area contributed by atoms with E-state index in [0.29, 0.717) is 12.8 Å². The first-order valence-corrected chi connectivity index (χ1v) is 15.3. The summed E-state index contributed by atoms with van der Waals surface area (Å²) in [7, 11) is -1.06. The van der Waals surface area contributed by atoms with Crippen LogP contribution in [0.5, 0.6) is 0 Å². The van der Waals surface area contributed by atoms with Gasteiger partial charge < -0.3 is 8.37 Å². The van der Waals surface area contributed by atoms with E-state index in [-0.39, 0.29) is 11.9 Å². The van der Waals surface area contributed by atoms with Crippen molar-refractivity contribution in [3.63, 3.8) is 0 Å². The van der Waals surface area contributed by atoms with Crippen LogP contribution in [-0.4, -0.2) is 17.7 Å². The predicted octanol–water partition coefficient (Wildman–Crippen LogP) is 8.63. The molecule has 6 heteroatoms. The van der Waals surface area contributed by atoms with Crippen LogP contribution in [0.15, 0.2) is 0 Å². The van der Waals surface area contributed by atoms with Crippen LogP contribution < -0.4 is 0 Å². The number of carbonyl (C=O) groups is 2. The van der Waals surface area contributed by atoms with Crippen LogP contribution >= 0.6 is 21.3 Å². The van der Waals surface area contributed by atoms with Crippen molar-refractivity contribution in [3.05, 3.63) is 0 Å². The fourth-order valence-electron chi connectivity index (χ4n) is 3.21. The van der Waals surface area contributed by atoms with Crippen LogP contribution in [0, 0.1) is 0 Å². The molecule has 1 unspecified atom stereocenters. The molecule has 180 valence electrons. The Hall–Kier alpha value is -0.360. The maximum atomic E-state index is 11.5. The highest BCUT2D eigenvalue weighted by Crippen LogP contribution is 2.43. The summed E-state index contributed by atoms with van der Waals surface area (Å²) in [6, 6.07) is 0. The smallest absolute Gasteiger partial charge is 0.318 e. The zero-order valence-electron chi connectivity index (χ0n) is 19.9. The molecule has 0 aliphatic rings. The lowest BCUT2D eigenvalue weighted by atomic mass is 10.0. The van der Waals surface area contributed by atoms with Gasteiger partial charge in [0.25, 0.3) is 0 Å². The molecular weight excluding hydrogens is 416 g/mol. The van der Waals surface area contributed by atoms with Gasteiger partial charge in [0.15, 0.2) is 0 Å². The van der Waals surface area contributed by atoms with E-state index in [1.165, 1.54) is 89.9 Å². The molecule has 0 aliphatic carbocycles. The second-order valence-corrected chi connectivity index (χ2v) is 11.3. The second kappa shape index (κ2) is 23.3. The molecule has 0 aromatic rings. The summed E-state index contributed by atoms with van der Waals surface area (Å²) in [6.45, 7) is 5.82. The standard InChI is InChI=1S/C24H48O4S2/c1-4-7-8-9-10-11-12-13-14-15-16-17-18-19-20-21-22-30(28-24(26)6-3)29-27-23(25)5-2/h30H,4-22H2,1-3H3.